The van der Waals surface area contributed by atoms with E-state index in [0.717, 1.165) is 12.8 Å². The van der Waals surface area contributed by atoms with Gasteiger partial charge in [-0.05, 0) is 31.9 Å². The highest BCUT2D eigenvalue weighted by atomic mass is 35.5. The second-order valence-corrected chi connectivity index (χ2v) is 5.60. The monoisotopic (exact) mass is 305 g/mol. The lowest BCUT2D eigenvalue weighted by Gasteiger charge is -2.29. The maximum absolute atomic E-state index is 13.6. The number of methoxy groups -OCH3 is 1. The van der Waals surface area contributed by atoms with E-state index in [2.05, 4.69) is 5.32 Å². The highest BCUT2D eigenvalue weighted by Crippen LogP contribution is 2.35. The predicted octanol–water partition coefficient (Wildman–Crippen LogP) is 3.27. The van der Waals surface area contributed by atoms with Crippen molar-refractivity contribution >= 4 is 29.2 Å². The van der Waals surface area contributed by atoms with Gasteiger partial charge in [0.25, 0.3) is 0 Å². The van der Waals surface area contributed by atoms with Crippen LogP contribution in [0, 0.1) is 5.82 Å². The van der Waals surface area contributed by atoms with Crippen molar-refractivity contribution in [3.05, 3.63) is 33.6 Å². The quantitative estimate of drug-likeness (QED) is 0.685. The average molecular weight is 306 g/mol. The Bertz CT molecular complexity index is 520. The first-order chi connectivity index (χ1) is 8.88. The summed E-state index contributed by atoms with van der Waals surface area (Å²) in [5.41, 5.74) is -0.854. The zero-order chi connectivity index (χ0) is 14.2. The van der Waals surface area contributed by atoms with Crippen LogP contribution in [-0.2, 0) is 15.1 Å². The van der Waals surface area contributed by atoms with Gasteiger partial charge in [-0.15, -0.1) is 0 Å². The molecule has 1 unspecified atom stereocenters. The Labute approximate surface area is 121 Å². The van der Waals surface area contributed by atoms with Gasteiger partial charge in [0.15, 0.2) is 0 Å². The van der Waals surface area contributed by atoms with Crippen LogP contribution >= 0.6 is 23.2 Å². The third kappa shape index (κ3) is 2.86. The molecule has 1 aliphatic rings. The number of nitrogens with one attached hydrogen (secondary N) is 1. The molecule has 2 rings (SSSR count). The van der Waals surface area contributed by atoms with E-state index in [1.807, 2.05) is 0 Å². The molecule has 6 heteroatoms. The summed E-state index contributed by atoms with van der Waals surface area (Å²) in [6, 6.07) is 2.69. The third-order valence-electron chi connectivity index (χ3n) is 3.21. The molecule has 1 fully saturated rings. The summed E-state index contributed by atoms with van der Waals surface area (Å²) in [5, 5.41) is 3.31. The van der Waals surface area contributed by atoms with Crippen LogP contribution in [0.4, 0.5) is 4.39 Å². The van der Waals surface area contributed by atoms with Crippen molar-refractivity contribution in [2.45, 2.75) is 31.3 Å². The van der Waals surface area contributed by atoms with Gasteiger partial charge in [0.2, 0.25) is 0 Å². The van der Waals surface area contributed by atoms with Crippen LogP contribution in [-0.4, -0.2) is 19.1 Å². The minimum atomic E-state index is -1.18. The lowest BCUT2D eigenvalue weighted by molar-refractivity contribution is -0.148. The van der Waals surface area contributed by atoms with Crippen LogP contribution in [0.1, 0.15) is 25.3 Å². The van der Waals surface area contributed by atoms with Crippen LogP contribution in [0.15, 0.2) is 12.1 Å². The largest absolute Gasteiger partial charge is 0.467 e. The molecule has 0 saturated heterocycles. The first kappa shape index (κ1) is 14.6. The van der Waals surface area contributed by atoms with Crippen LogP contribution in [0.5, 0.6) is 0 Å². The molecule has 3 nitrogen and oxygen atoms in total. The highest BCUT2D eigenvalue weighted by molar-refractivity contribution is 6.35. The molecule has 1 saturated carbocycles. The maximum Gasteiger partial charge on any atom is 0.330 e. The molecule has 1 aromatic rings. The molecule has 1 atom stereocenters. The summed E-state index contributed by atoms with van der Waals surface area (Å²) in [6.07, 6.45) is 1.94. The van der Waals surface area contributed by atoms with Crippen molar-refractivity contribution in [3.63, 3.8) is 0 Å². The zero-order valence-corrected chi connectivity index (χ0v) is 12.1. The van der Waals surface area contributed by atoms with Gasteiger partial charge < -0.3 is 4.74 Å². The Morgan fingerprint density at radius 1 is 1.42 bits per heavy atom. The van der Waals surface area contributed by atoms with Gasteiger partial charge in [-0.1, -0.05) is 23.2 Å². The third-order valence-corrected chi connectivity index (χ3v) is 3.81. The van der Waals surface area contributed by atoms with Crippen LogP contribution in [0.2, 0.25) is 10.0 Å². The van der Waals surface area contributed by atoms with Crippen molar-refractivity contribution < 1.29 is 13.9 Å². The molecule has 0 amide bonds. The molecule has 1 N–H and O–H groups in total. The van der Waals surface area contributed by atoms with Crippen molar-refractivity contribution in [2.24, 2.45) is 0 Å². The molecular formula is C13H14Cl2FNO2. The lowest BCUT2D eigenvalue weighted by atomic mass is 9.91. The summed E-state index contributed by atoms with van der Waals surface area (Å²) in [4.78, 5) is 12.0. The van der Waals surface area contributed by atoms with E-state index in [0.29, 0.717) is 5.56 Å². The van der Waals surface area contributed by atoms with Crippen LogP contribution in [0.25, 0.3) is 0 Å². The maximum atomic E-state index is 13.6. The van der Waals surface area contributed by atoms with Gasteiger partial charge in [0.05, 0.1) is 12.1 Å². The molecule has 0 radical (unpaired) electrons. The van der Waals surface area contributed by atoms with E-state index < -0.39 is 17.3 Å². The molecule has 0 bridgehead atoms. The van der Waals surface area contributed by atoms with Gasteiger partial charge in [-0.2, -0.15) is 0 Å². The molecule has 104 valence electrons. The number of carbonyl (C=O) groups is 1. The number of hydrogen-bond acceptors (Lipinski definition) is 3. The molecule has 0 spiro atoms. The molecule has 1 aromatic carbocycles. The number of esters is 1. The summed E-state index contributed by atoms with van der Waals surface area (Å²) >= 11 is 11.8. The van der Waals surface area contributed by atoms with Gasteiger partial charge in [0, 0.05) is 16.6 Å². The van der Waals surface area contributed by atoms with Gasteiger partial charge in [0.1, 0.15) is 11.4 Å². The van der Waals surface area contributed by atoms with Crippen molar-refractivity contribution in [1.82, 2.24) is 5.32 Å². The fraction of sp³-hybridized carbons (Fsp3) is 0.462. The number of rotatable bonds is 4. The van der Waals surface area contributed by atoms with Crippen LogP contribution in [0.3, 0.4) is 0 Å². The summed E-state index contributed by atoms with van der Waals surface area (Å²) in [7, 11) is 1.29. The van der Waals surface area contributed by atoms with E-state index in [9.17, 15) is 9.18 Å². The fourth-order valence-corrected chi connectivity index (χ4v) is 2.56. The molecule has 0 aliphatic heterocycles. The van der Waals surface area contributed by atoms with E-state index in [4.69, 9.17) is 27.9 Å². The van der Waals surface area contributed by atoms with Crippen LogP contribution < -0.4 is 5.32 Å². The zero-order valence-electron chi connectivity index (χ0n) is 10.6. The first-order valence-corrected chi connectivity index (χ1v) is 6.65. The minimum Gasteiger partial charge on any atom is -0.467 e. The Hall–Kier alpha value is -0.840. The van der Waals surface area contributed by atoms with E-state index in [1.54, 1.807) is 6.92 Å². The normalized spacial score (nSPS) is 17.9. The summed E-state index contributed by atoms with van der Waals surface area (Å²) < 4.78 is 18.4. The predicted molar refractivity (Wildman–Crippen MR) is 71.9 cm³/mol. The molecule has 1 aliphatic carbocycles. The van der Waals surface area contributed by atoms with E-state index >= 15 is 0 Å². The minimum absolute atomic E-state index is 0.0765. The van der Waals surface area contributed by atoms with Gasteiger partial charge >= 0.3 is 5.97 Å². The summed E-state index contributed by atoms with van der Waals surface area (Å²) in [5.74, 6) is -1.13. The standard InChI is InChI=1S/C13H14Cl2FNO2/c1-13(12(18)19-2,17-7-3-4-7)8-5-11(16)10(15)6-9(8)14/h5-7,17H,3-4H2,1-2H3. The highest BCUT2D eigenvalue weighted by Gasteiger charge is 2.42. The smallest absolute Gasteiger partial charge is 0.330 e. The SMILES string of the molecule is COC(=O)C(C)(NC1CC1)c1cc(F)c(Cl)cc1Cl. The van der Waals surface area contributed by atoms with E-state index in [-0.39, 0.29) is 16.1 Å². The molecule has 19 heavy (non-hydrogen) atoms. The Morgan fingerprint density at radius 3 is 2.58 bits per heavy atom. The summed E-state index contributed by atoms with van der Waals surface area (Å²) in [6.45, 7) is 1.63. The number of ether oxygens (including phenoxy) is 1. The number of halogens is 3. The fourth-order valence-electron chi connectivity index (χ4n) is 1.99. The number of carbonyl (C=O) groups excluding carboxylic acids is 1. The van der Waals surface area contributed by atoms with Crippen molar-refractivity contribution in [2.75, 3.05) is 7.11 Å². The second-order valence-electron chi connectivity index (χ2n) is 4.78. The Balaban J connectivity index is 2.48. The molecular weight excluding hydrogens is 292 g/mol. The Morgan fingerprint density at radius 2 is 2.05 bits per heavy atom. The first-order valence-electron chi connectivity index (χ1n) is 5.89. The molecule has 0 aromatic heterocycles. The van der Waals surface area contributed by atoms with Gasteiger partial charge in [-0.25, -0.2) is 9.18 Å². The number of hydrogen-bond donors (Lipinski definition) is 1. The van der Waals surface area contributed by atoms with Crippen molar-refractivity contribution in [3.8, 4) is 0 Å². The molecule has 0 heterocycles. The lowest BCUT2D eigenvalue weighted by Crippen LogP contribution is -2.48. The average Bonchev–Trinajstić information content (AvgIpc) is 3.16. The van der Waals surface area contributed by atoms with E-state index in [1.165, 1.54) is 19.2 Å². The Kier molecular flexibility index (Phi) is 4.04. The van der Waals surface area contributed by atoms with Gasteiger partial charge in [-0.3, -0.25) is 5.32 Å². The number of benzene rings is 1. The topological polar surface area (TPSA) is 38.3 Å². The van der Waals surface area contributed by atoms with Crippen molar-refractivity contribution in [1.29, 1.82) is 0 Å². The second kappa shape index (κ2) is 5.27.